The molecule has 138 valence electrons. The first-order valence-electron chi connectivity index (χ1n) is 9.17. The lowest BCUT2D eigenvalue weighted by Gasteiger charge is -2.38. The molecule has 0 aliphatic carbocycles. The van der Waals surface area contributed by atoms with E-state index in [0.717, 1.165) is 16.9 Å². The van der Waals surface area contributed by atoms with E-state index in [1.165, 1.54) is 0 Å². The molecule has 1 amide bonds. The van der Waals surface area contributed by atoms with Crippen molar-refractivity contribution in [1.29, 1.82) is 0 Å². The van der Waals surface area contributed by atoms with E-state index in [9.17, 15) is 4.79 Å². The molecule has 0 N–H and O–H groups in total. The van der Waals surface area contributed by atoms with Crippen LogP contribution >= 0.6 is 0 Å². The Morgan fingerprint density at radius 2 is 1.89 bits per heavy atom. The fourth-order valence-electron chi connectivity index (χ4n) is 3.48. The second kappa shape index (κ2) is 7.00. The third kappa shape index (κ3) is 3.64. The van der Waals surface area contributed by atoms with Gasteiger partial charge in [-0.25, -0.2) is 4.68 Å². The maximum absolute atomic E-state index is 13.0. The van der Waals surface area contributed by atoms with Gasteiger partial charge < -0.3 is 9.64 Å². The van der Waals surface area contributed by atoms with E-state index in [1.54, 1.807) is 6.20 Å². The zero-order valence-corrected chi connectivity index (χ0v) is 15.6. The van der Waals surface area contributed by atoms with Gasteiger partial charge in [0.1, 0.15) is 0 Å². The predicted octanol–water partition coefficient (Wildman–Crippen LogP) is 3.79. The smallest absolute Gasteiger partial charge is 0.254 e. The first-order chi connectivity index (χ1) is 13.0. The molecule has 0 saturated carbocycles. The molecule has 5 nitrogen and oxygen atoms in total. The predicted molar refractivity (Wildman–Crippen MR) is 105 cm³/mol. The number of ether oxygens (including phenoxy) is 1. The maximum atomic E-state index is 13.0. The average Bonchev–Trinajstić information content (AvgIpc) is 3.17. The van der Waals surface area contributed by atoms with E-state index in [0.29, 0.717) is 25.3 Å². The molecule has 1 aliphatic heterocycles. The standard InChI is InChI=1S/C22H23N3O2/c1-22(2)16-24(13-14-27-22)21(26)18-9-6-10-19(15-18)25-20(11-12-23-25)17-7-4-3-5-8-17/h3-12,15H,13-14,16H2,1-2H3. The molecular formula is C22H23N3O2. The van der Waals surface area contributed by atoms with Crippen LogP contribution in [0.5, 0.6) is 0 Å². The SMILES string of the molecule is CC1(C)CN(C(=O)c2cccc(-n3nccc3-c3ccccc3)c2)CCO1. The molecule has 1 aliphatic rings. The monoisotopic (exact) mass is 361 g/mol. The Hall–Kier alpha value is -2.92. The Morgan fingerprint density at radius 1 is 1.07 bits per heavy atom. The molecular weight excluding hydrogens is 338 g/mol. The zero-order chi connectivity index (χ0) is 18.9. The Kier molecular flexibility index (Phi) is 4.54. The molecule has 5 heteroatoms. The minimum Gasteiger partial charge on any atom is -0.372 e. The van der Waals surface area contributed by atoms with Crippen molar-refractivity contribution >= 4 is 5.91 Å². The van der Waals surface area contributed by atoms with Gasteiger partial charge in [-0.05, 0) is 38.1 Å². The van der Waals surface area contributed by atoms with Crippen molar-refractivity contribution in [3.63, 3.8) is 0 Å². The van der Waals surface area contributed by atoms with Gasteiger partial charge in [-0.1, -0.05) is 36.4 Å². The molecule has 0 unspecified atom stereocenters. The number of aromatic nitrogens is 2. The van der Waals surface area contributed by atoms with Crippen LogP contribution < -0.4 is 0 Å². The van der Waals surface area contributed by atoms with Crippen LogP contribution in [0.2, 0.25) is 0 Å². The van der Waals surface area contributed by atoms with Crippen molar-refractivity contribution in [1.82, 2.24) is 14.7 Å². The quantitative estimate of drug-likeness (QED) is 0.713. The average molecular weight is 361 g/mol. The lowest BCUT2D eigenvalue weighted by Crippen LogP contribution is -2.50. The van der Waals surface area contributed by atoms with E-state index in [-0.39, 0.29) is 11.5 Å². The van der Waals surface area contributed by atoms with Crippen molar-refractivity contribution in [2.45, 2.75) is 19.4 Å². The molecule has 0 bridgehead atoms. The fourth-order valence-corrected chi connectivity index (χ4v) is 3.48. The van der Waals surface area contributed by atoms with Crippen LogP contribution in [-0.2, 0) is 4.74 Å². The summed E-state index contributed by atoms with van der Waals surface area (Å²) < 4.78 is 7.59. The molecule has 0 spiro atoms. The number of carbonyl (C=O) groups excluding carboxylic acids is 1. The number of rotatable bonds is 3. The molecule has 2 aromatic carbocycles. The number of hydrogen-bond donors (Lipinski definition) is 0. The largest absolute Gasteiger partial charge is 0.372 e. The number of benzene rings is 2. The summed E-state index contributed by atoms with van der Waals surface area (Å²) in [6.45, 7) is 5.80. The highest BCUT2D eigenvalue weighted by atomic mass is 16.5. The number of hydrogen-bond acceptors (Lipinski definition) is 3. The van der Waals surface area contributed by atoms with Gasteiger partial charge in [0.25, 0.3) is 5.91 Å². The second-order valence-electron chi connectivity index (χ2n) is 7.38. The first-order valence-corrected chi connectivity index (χ1v) is 9.17. The van der Waals surface area contributed by atoms with Crippen LogP contribution in [0.4, 0.5) is 0 Å². The number of morpholine rings is 1. The van der Waals surface area contributed by atoms with Crippen molar-refractivity contribution in [3.05, 3.63) is 72.4 Å². The molecule has 27 heavy (non-hydrogen) atoms. The van der Waals surface area contributed by atoms with Crippen LogP contribution in [0.15, 0.2) is 66.9 Å². The maximum Gasteiger partial charge on any atom is 0.254 e. The molecule has 2 heterocycles. The minimum atomic E-state index is -0.312. The van der Waals surface area contributed by atoms with Crippen LogP contribution in [0, 0.1) is 0 Å². The van der Waals surface area contributed by atoms with Crippen LogP contribution in [-0.4, -0.2) is 45.9 Å². The number of amides is 1. The molecule has 3 aromatic rings. The Bertz CT molecular complexity index is 947. The summed E-state index contributed by atoms with van der Waals surface area (Å²) in [4.78, 5) is 14.9. The van der Waals surface area contributed by atoms with Crippen molar-refractivity contribution in [2.75, 3.05) is 19.7 Å². The number of nitrogens with zero attached hydrogens (tertiary/aromatic N) is 3. The summed E-state index contributed by atoms with van der Waals surface area (Å²) in [5.41, 5.74) is 3.31. The van der Waals surface area contributed by atoms with E-state index in [2.05, 4.69) is 17.2 Å². The van der Waals surface area contributed by atoms with Gasteiger partial charge in [-0.15, -0.1) is 0 Å². The van der Waals surface area contributed by atoms with Crippen molar-refractivity contribution in [2.24, 2.45) is 0 Å². The zero-order valence-electron chi connectivity index (χ0n) is 15.6. The van der Waals surface area contributed by atoms with Crippen LogP contribution in [0.3, 0.4) is 0 Å². The lowest BCUT2D eigenvalue weighted by atomic mass is 10.1. The van der Waals surface area contributed by atoms with E-state index in [4.69, 9.17) is 4.74 Å². The highest BCUT2D eigenvalue weighted by Crippen LogP contribution is 2.24. The highest BCUT2D eigenvalue weighted by molar-refractivity contribution is 5.95. The summed E-state index contributed by atoms with van der Waals surface area (Å²) >= 11 is 0. The summed E-state index contributed by atoms with van der Waals surface area (Å²) in [6, 6.07) is 19.7. The normalized spacial score (nSPS) is 16.3. The van der Waals surface area contributed by atoms with Gasteiger partial charge in [-0.3, -0.25) is 4.79 Å². The Morgan fingerprint density at radius 3 is 2.67 bits per heavy atom. The topological polar surface area (TPSA) is 47.4 Å². The van der Waals surface area contributed by atoms with E-state index < -0.39 is 0 Å². The van der Waals surface area contributed by atoms with E-state index in [1.807, 2.05) is 72.0 Å². The summed E-state index contributed by atoms with van der Waals surface area (Å²) in [7, 11) is 0. The third-order valence-electron chi connectivity index (χ3n) is 4.76. The number of carbonyl (C=O) groups is 1. The summed E-state index contributed by atoms with van der Waals surface area (Å²) in [5.74, 6) is 0.0293. The van der Waals surface area contributed by atoms with Gasteiger partial charge in [-0.2, -0.15) is 5.10 Å². The van der Waals surface area contributed by atoms with Crippen molar-refractivity contribution < 1.29 is 9.53 Å². The van der Waals surface area contributed by atoms with Gasteiger partial charge in [0.15, 0.2) is 0 Å². The second-order valence-corrected chi connectivity index (χ2v) is 7.38. The molecule has 0 atom stereocenters. The first kappa shape index (κ1) is 17.5. The van der Waals surface area contributed by atoms with Crippen molar-refractivity contribution in [3.8, 4) is 16.9 Å². The highest BCUT2D eigenvalue weighted by Gasteiger charge is 2.30. The fraction of sp³-hybridized carbons (Fsp3) is 0.273. The van der Waals surface area contributed by atoms with E-state index >= 15 is 0 Å². The van der Waals surface area contributed by atoms with Gasteiger partial charge in [0, 0.05) is 24.2 Å². The van der Waals surface area contributed by atoms with Gasteiger partial charge >= 0.3 is 0 Å². The minimum absolute atomic E-state index is 0.0293. The Balaban J connectivity index is 1.65. The van der Waals surface area contributed by atoms with Gasteiger partial charge in [0.05, 0.1) is 29.8 Å². The molecule has 1 saturated heterocycles. The van der Waals surface area contributed by atoms with Gasteiger partial charge in [0.2, 0.25) is 0 Å². The lowest BCUT2D eigenvalue weighted by molar-refractivity contribution is -0.0764. The van der Waals surface area contributed by atoms with Crippen LogP contribution in [0.25, 0.3) is 16.9 Å². The summed E-state index contributed by atoms with van der Waals surface area (Å²) in [5, 5.41) is 4.47. The molecule has 1 fully saturated rings. The molecule has 0 radical (unpaired) electrons. The Labute approximate surface area is 159 Å². The third-order valence-corrected chi connectivity index (χ3v) is 4.76. The summed E-state index contributed by atoms with van der Waals surface area (Å²) in [6.07, 6.45) is 1.78. The molecule has 4 rings (SSSR count). The van der Waals surface area contributed by atoms with Crippen LogP contribution in [0.1, 0.15) is 24.2 Å². The molecule has 1 aromatic heterocycles.